The zero-order chi connectivity index (χ0) is 9.80. The first-order chi connectivity index (χ1) is 6.84. The van der Waals surface area contributed by atoms with Crippen LogP contribution in [0, 0.1) is 5.92 Å². The highest BCUT2D eigenvalue weighted by Gasteiger charge is 2.18. The number of aromatic nitrogens is 2. The quantitative estimate of drug-likeness (QED) is 0.761. The summed E-state index contributed by atoms with van der Waals surface area (Å²) in [5, 5.41) is 6.15. The van der Waals surface area contributed by atoms with Crippen LogP contribution in [0.2, 0.25) is 0 Å². The van der Waals surface area contributed by atoms with Gasteiger partial charge < -0.3 is 5.73 Å². The molecule has 3 nitrogen and oxygen atoms in total. The Labute approximate surface area is 88.9 Å². The van der Waals surface area contributed by atoms with Crippen molar-refractivity contribution in [3.8, 4) is 0 Å². The topological polar surface area (TPSA) is 51.8 Å². The highest BCUT2D eigenvalue weighted by atomic mass is 32.1. The van der Waals surface area contributed by atoms with Crippen molar-refractivity contribution in [3.05, 3.63) is 11.1 Å². The zero-order valence-corrected chi connectivity index (χ0v) is 9.17. The summed E-state index contributed by atoms with van der Waals surface area (Å²) < 4.78 is 3.89. The van der Waals surface area contributed by atoms with Gasteiger partial charge in [-0.1, -0.05) is 23.8 Å². The third-order valence-electron chi connectivity index (χ3n) is 2.98. The second kappa shape index (κ2) is 4.84. The van der Waals surface area contributed by atoms with Gasteiger partial charge in [0.25, 0.3) is 0 Å². The fraction of sp³-hybridized carbons (Fsp3) is 0.800. The van der Waals surface area contributed by atoms with E-state index in [-0.39, 0.29) is 0 Å². The summed E-state index contributed by atoms with van der Waals surface area (Å²) in [6, 6.07) is 0.411. The van der Waals surface area contributed by atoms with Gasteiger partial charge >= 0.3 is 0 Å². The molecule has 4 heteroatoms. The molecule has 1 aliphatic carbocycles. The van der Waals surface area contributed by atoms with Crippen LogP contribution in [0.4, 0.5) is 0 Å². The summed E-state index contributed by atoms with van der Waals surface area (Å²) in [4.78, 5) is 0. The summed E-state index contributed by atoms with van der Waals surface area (Å²) in [6.07, 6.45) is 7.38. The van der Waals surface area contributed by atoms with Crippen LogP contribution in [-0.4, -0.2) is 15.6 Å². The lowest BCUT2D eigenvalue weighted by molar-refractivity contribution is 0.427. The van der Waals surface area contributed by atoms with E-state index in [0.29, 0.717) is 6.04 Å². The van der Waals surface area contributed by atoms with Crippen molar-refractivity contribution in [3.63, 3.8) is 0 Å². The largest absolute Gasteiger partial charge is 0.328 e. The molecule has 0 radical (unpaired) electrons. The fourth-order valence-electron chi connectivity index (χ4n) is 2.26. The average molecular weight is 211 g/mol. The molecule has 0 bridgehead atoms. The normalized spacial score (nSPS) is 28.6. The Morgan fingerprint density at radius 2 is 2.29 bits per heavy atom. The summed E-state index contributed by atoms with van der Waals surface area (Å²) in [5.41, 5.74) is 7.17. The van der Waals surface area contributed by atoms with E-state index >= 15 is 0 Å². The highest BCUT2D eigenvalue weighted by molar-refractivity contribution is 7.03. The molecule has 14 heavy (non-hydrogen) atoms. The van der Waals surface area contributed by atoms with E-state index in [1.165, 1.54) is 37.2 Å². The van der Waals surface area contributed by atoms with Gasteiger partial charge in [0.15, 0.2) is 0 Å². The van der Waals surface area contributed by atoms with Gasteiger partial charge in [-0.15, -0.1) is 5.10 Å². The third kappa shape index (κ3) is 2.75. The molecule has 2 N–H and O–H groups in total. The Balaban J connectivity index is 1.90. The van der Waals surface area contributed by atoms with Crippen molar-refractivity contribution in [2.75, 3.05) is 0 Å². The molecule has 1 heterocycles. The van der Waals surface area contributed by atoms with Gasteiger partial charge in [-0.3, -0.25) is 0 Å². The average Bonchev–Trinajstić information content (AvgIpc) is 2.56. The molecule has 78 valence electrons. The minimum Gasteiger partial charge on any atom is -0.328 e. The van der Waals surface area contributed by atoms with Crippen LogP contribution in [0.15, 0.2) is 5.38 Å². The Hall–Kier alpha value is -0.480. The molecule has 0 saturated heterocycles. The van der Waals surface area contributed by atoms with E-state index in [4.69, 9.17) is 5.73 Å². The van der Waals surface area contributed by atoms with E-state index < -0.39 is 0 Å². The van der Waals surface area contributed by atoms with Gasteiger partial charge in [-0.25, -0.2) is 0 Å². The van der Waals surface area contributed by atoms with Gasteiger partial charge in [0, 0.05) is 11.4 Å². The van der Waals surface area contributed by atoms with Gasteiger partial charge in [0.1, 0.15) is 0 Å². The lowest BCUT2D eigenvalue weighted by Gasteiger charge is -2.15. The standard InChI is InChI=1S/C10H17N3S/c11-9-4-2-1-3-8(5-9)6-10-7-14-13-12-10/h7-9H,1-6,11H2. The van der Waals surface area contributed by atoms with E-state index in [9.17, 15) is 0 Å². The minimum absolute atomic E-state index is 0.411. The molecule has 0 spiro atoms. The van der Waals surface area contributed by atoms with Crippen LogP contribution in [0.5, 0.6) is 0 Å². The number of nitrogens with zero attached hydrogens (tertiary/aromatic N) is 2. The molecule has 2 unspecified atom stereocenters. The second-order valence-electron chi connectivity index (χ2n) is 4.25. The molecule has 2 atom stereocenters. The SMILES string of the molecule is NC1CCCCC(Cc2csnn2)C1. The Morgan fingerprint density at radius 1 is 1.43 bits per heavy atom. The molecule has 0 aliphatic heterocycles. The first-order valence-electron chi connectivity index (χ1n) is 5.36. The Kier molecular flexibility index (Phi) is 3.48. The molecule has 1 aromatic heterocycles. The van der Waals surface area contributed by atoms with Crippen LogP contribution in [0.3, 0.4) is 0 Å². The van der Waals surface area contributed by atoms with Crippen molar-refractivity contribution >= 4 is 11.5 Å². The maximum absolute atomic E-state index is 6.02. The Bertz CT molecular complexity index is 260. The molecular formula is C10H17N3S. The summed E-state index contributed by atoms with van der Waals surface area (Å²) in [7, 11) is 0. The van der Waals surface area contributed by atoms with E-state index in [1.54, 1.807) is 0 Å². The third-order valence-corrected chi connectivity index (χ3v) is 3.53. The summed E-state index contributed by atoms with van der Waals surface area (Å²) in [6.45, 7) is 0. The van der Waals surface area contributed by atoms with Gasteiger partial charge in [-0.05, 0) is 36.7 Å². The summed E-state index contributed by atoms with van der Waals surface area (Å²) in [5.74, 6) is 0.733. The number of hydrogen-bond donors (Lipinski definition) is 1. The van der Waals surface area contributed by atoms with Crippen LogP contribution in [-0.2, 0) is 6.42 Å². The van der Waals surface area contributed by atoms with Gasteiger partial charge in [0.2, 0.25) is 0 Å². The van der Waals surface area contributed by atoms with Crippen molar-refractivity contribution in [1.82, 2.24) is 9.59 Å². The van der Waals surface area contributed by atoms with E-state index in [1.807, 2.05) is 0 Å². The fourth-order valence-corrected chi connectivity index (χ4v) is 2.72. The molecule has 1 aliphatic rings. The summed E-state index contributed by atoms with van der Waals surface area (Å²) >= 11 is 1.44. The van der Waals surface area contributed by atoms with E-state index in [2.05, 4.69) is 15.0 Å². The monoisotopic (exact) mass is 211 g/mol. The predicted molar refractivity (Wildman–Crippen MR) is 58.2 cm³/mol. The molecule has 1 aromatic rings. The Morgan fingerprint density at radius 3 is 3.07 bits per heavy atom. The molecule has 0 amide bonds. The van der Waals surface area contributed by atoms with Crippen LogP contribution >= 0.6 is 11.5 Å². The smallest absolute Gasteiger partial charge is 0.0758 e. The predicted octanol–water partition coefficient (Wildman–Crippen LogP) is 1.99. The number of hydrogen-bond acceptors (Lipinski definition) is 4. The first kappa shape index (κ1) is 10.1. The second-order valence-corrected chi connectivity index (χ2v) is 4.86. The lowest BCUT2D eigenvalue weighted by Crippen LogP contribution is -2.22. The van der Waals surface area contributed by atoms with Crippen molar-refractivity contribution < 1.29 is 0 Å². The van der Waals surface area contributed by atoms with Crippen LogP contribution in [0.25, 0.3) is 0 Å². The molecular weight excluding hydrogens is 194 g/mol. The number of nitrogens with two attached hydrogens (primary N) is 1. The van der Waals surface area contributed by atoms with Crippen molar-refractivity contribution in [1.29, 1.82) is 0 Å². The molecule has 1 saturated carbocycles. The molecule has 1 fully saturated rings. The maximum atomic E-state index is 6.02. The molecule has 0 aromatic carbocycles. The zero-order valence-electron chi connectivity index (χ0n) is 8.35. The van der Waals surface area contributed by atoms with Crippen LogP contribution < -0.4 is 5.73 Å². The van der Waals surface area contributed by atoms with Crippen molar-refractivity contribution in [2.45, 2.75) is 44.6 Å². The van der Waals surface area contributed by atoms with Crippen LogP contribution in [0.1, 0.15) is 37.8 Å². The molecule has 2 rings (SSSR count). The minimum atomic E-state index is 0.411. The maximum Gasteiger partial charge on any atom is 0.0758 e. The van der Waals surface area contributed by atoms with Crippen molar-refractivity contribution in [2.24, 2.45) is 11.7 Å². The van der Waals surface area contributed by atoms with E-state index in [0.717, 1.165) is 24.5 Å². The van der Waals surface area contributed by atoms with Gasteiger partial charge in [-0.2, -0.15) is 0 Å². The van der Waals surface area contributed by atoms with Gasteiger partial charge in [0.05, 0.1) is 5.69 Å². The number of rotatable bonds is 2. The highest BCUT2D eigenvalue weighted by Crippen LogP contribution is 2.25. The first-order valence-corrected chi connectivity index (χ1v) is 6.20. The lowest BCUT2D eigenvalue weighted by atomic mass is 9.94.